The van der Waals surface area contributed by atoms with Crippen molar-refractivity contribution in [2.24, 2.45) is 0 Å². The van der Waals surface area contributed by atoms with Gasteiger partial charge in [0.15, 0.2) is 0 Å². The summed E-state index contributed by atoms with van der Waals surface area (Å²) in [5.41, 5.74) is 0. The monoisotopic (exact) mass is 320 g/mol. The predicted molar refractivity (Wildman–Crippen MR) is 88.8 cm³/mol. The molecule has 0 aliphatic heterocycles. The van der Waals surface area contributed by atoms with E-state index in [1.807, 2.05) is 0 Å². The summed E-state index contributed by atoms with van der Waals surface area (Å²) in [5.74, 6) is -0.124. The molecule has 1 atom stereocenters. The van der Waals surface area contributed by atoms with E-state index in [-0.39, 0.29) is 18.5 Å². The van der Waals surface area contributed by atoms with E-state index in [9.17, 15) is 4.79 Å². The lowest BCUT2D eigenvalue weighted by atomic mass is 10.1. The van der Waals surface area contributed by atoms with Gasteiger partial charge in [0.2, 0.25) is 0 Å². The summed E-state index contributed by atoms with van der Waals surface area (Å²) in [5, 5.41) is 9.16. The quantitative estimate of drug-likeness (QED) is 0.267. The molecule has 0 rings (SSSR count). The number of hydrogen-bond donors (Lipinski definition) is 1. The minimum absolute atomic E-state index is 0.0143. The summed E-state index contributed by atoms with van der Waals surface area (Å²) >= 11 is 5.42. The van der Waals surface area contributed by atoms with E-state index >= 15 is 0 Å². The summed E-state index contributed by atoms with van der Waals surface area (Å²) in [4.78, 5) is 11.3. The van der Waals surface area contributed by atoms with Crippen molar-refractivity contribution in [3.8, 4) is 0 Å². The van der Waals surface area contributed by atoms with E-state index in [1.54, 1.807) is 0 Å². The van der Waals surface area contributed by atoms with E-state index in [0.29, 0.717) is 6.42 Å². The number of carbonyl (C=O) groups is 1. The fraction of sp³-hybridized carbons (Fsp3) is 0.941. The molecule has 0 saturated carbocycles. The molecule has 0 spiro atoms. The van der Waals surface area contributed by atoms with Crippen LogP contribution in [0.4, 0.5) is 0 Å². The van der Waals surface area contributed by atoms with Crippen molar-refractivity contribution in [1.29, 1.82) is 0 Å². The van der Waals surface area contributed by atoms with Crippen molar-refractivity contribution >= 4 is 17.6 Å². The summed E-state index contributed by atoms with van der Waals surface area (Å²) in [6.45, 7) is 2.26. The topological polar surface area (TPSA) is 46.5 Å². The van der Waals surface area contributed by atoms with Crippen LogP contribution in [-0.2, 0) is 9.53 Å². The molecule has 21 heavy (non-hydrogen) atoms. The molecule has 0 bridgehead atoms. The van der Waals surface area contributed by atoms with Crippen molar-refractivity contribution in [3.63, 3.8) is 0 Å². The lowest BCUT2D eigenvalue weighted by Gasteiger charge is -2.08. The van der Waals surface area contributed by atoms with Crippen molar-refractivity contribution in [2.75, 3.05) is 12.5 Å². The second-order valence-corrected chi connectivity index (χ2v) is 6.09. The number of carbonyl (C=O) groups excluding carboxylic acids is 1. The third-order valence-electron chi connectivity index (χ3n) is 3.60. The van der Waals surface area contributed by atoms with Gasteiger partial charge in [-0.05, 0) is 6.42 Å². The van der Waals surface area contributed by atoms with E-state index < -0.39 is 6.10 Å². The summed E-state index contributed by atoms with van der Waals surface area (Å²) < 4.78 is 4.91. The number of ether oxygens (including phenoxy) is 1. The maximum Gasteiger partial charge on any atom is 0.305 e. The zero-order chi connectivity index (χ0) is 15.8. The van der Waals surface area contributed by atoms with Crippen LogP contribution in [0.1, 0.15) is 84.0 Å². The predicted octanol–water partition coefficient (Wildman–Crippen LogP) is 4.83. The Morgan fingerprint density at radius 3 is 1.90 bits per heavy atom. The molecule has 0 unspecified atom stereocenters. The lowest BCUT2D eigenvalue weighted by Crippen LogP contribution is -2.19. The highest BCUT2D eigenvalue weighted by Crippen LogP contribution is 2.12. The number of unbranched alkanes of at least 4 members (excludes halogenated alkanes) is 10. The molecule has 0 aromatic heterocycles. The Balaban J connectivity index is 3.16. The third kappa shape index (κ3) is 15.9. The van der Waals surface area contributed by atoms with Crippen LogP contribution in [-0.4, -0.2) is 29.7 Å². The molecule has 0 aliphatic carbocycles. The summed E-state index contributed by atoms with van der Waals surface area (Å²) in [6, 6.07) is 0. The Bertz CT molecular complexity index is 234. The highest BCUT2D eigenvalue weighted by atomic mass is 35.5. The van der Waals surface area contributed by atoms with Gasteiger partial charge >= 0.3 is 5.97 Å². The maximum absolute atomic E-state index is 11.3. The van der Waals surface area contributed by atoms with E-state index in [4.69, 9.17) is 21.4 Å². The van der Waals surface area contributed by atoms with Crippen LogP contribution < -0.4 is 0 Å². The highest BCUT2D eigenvalue weighted by Gasteiger charge is 2.07. The Morgan fingerprint density at radius 2 is 1.43 bits per heavy atom. The molecule has 0 heterocycles. The van der Waals surface area contributed by atoms with Crippen LogP contribution in [0, 0.1) is 0 Å². The van der Waals surface area contributed by atoms with Gasteiger partial charge in [0, 0.05) is 6.42 Å². The van der Waals surface area contributed by atoms with Gasteiger partial charge in [-0.15, -0.1) is 11.6 Å². The fourth-order valence-electron chi connectivity index (χ4n) is 2.24. The van der Waals surface area contributed by atoms with Gasteiger partial charge in [-0.3, -0.25) is 4.79 Å². The third-order valence-corrected chi connectivity index (χ3v) is 3.96. The first-order valence-corrected chi connectivity index (χ1v) is 9.13. The fourth-order valence-corrected chi connectivity index (χ4v) is 2.33. The minimum atomic E-state index is -0.743. The second-order valence-electron chi connectivity index (χ2n) is 5.78. The van der Waals surface area contributed by atoms with Crippen LogP contribution in [0.5, 0.6) is 0 Å². The van der Waals surface area contributed by atoms with Gasteiger partial charge in [0.05, 0.1) is 5.88 Å². The van der Waals surface area contributed by atoms with Crippen molar-refractivity contribution in [3.05, 3.63) is 0 Å². The molecule has 0 aromatic rings. The summed E-state index contributed by atoms with van der Waals surface area (Å²) in [7, 11) is 0. The van der Waals surface area contributed by atoms with Gasteiger partial charge in [-0.1, -0.05) is 71.1 Å². The zero-order valence-corrected chi connectivity index (χ0v) is 14.4. The van der Waals surface area contributed by atoms with E-state index in [1.165, 1.54) is 57.8 Å². The minimum Gasteiger partial charge on any atom is -0.463 e. The average Bonchev–Trinajstić information content (AvgIpc) is 2.50. The molecule has 0 aliphatic rings. The number of esters is 1. The Labute approximate surface area is 135 Å². The standard InChI is InChI=1S/C17H33ClO3/c1-2-3-4-5-6-7-8-9-10-11-12-13-17(20)21-15-16(19)14-18/h16,19H,2-15H2,1H3/t16-/m0/s1. The smallest absolute Gasteiger partial charge is 0.305 e. The maximum atomic E-state index is 11.3. The number of aliphatic hydroxyl groups excluding tert-OH is 1. The second kappa shape index (κ2) is 16.1. The molecule has 0 radical (unpaired) electrons. The highest BCUT2D eigenvalue weighted by molar-refractivity contribution is 6.18. The van der Waals surface area contributed by atoms with Crippen LogP contribution in [0.2, 0.25) is 0 Å². The average molecular weight is 321 g/mol. The van der Waals surface area contributed by atoms with Gasteiger partial charge < -0.3 is 9.84 Å². The van der Waals surface area contributed by atoms with Crippen LogP contribution in [0.3, 0.4) is 0 Å². The first kappa shape index (κ1) is 20.7. The number of halogens is 1. The van der Waals surface area contributed by atoms with Crippen molar-refractivity contribution in [2.45, 2.75) is 90.1 Å². The SMILES string of the molecule is CCCCCCCCCCCCCC(=O)OC[C@@H](O)CCl. The van der Waals surface area contributed by atoms with Crippen LogP contribution in [0.25, 0.3) is 0 Å². The first-order valence-electron chi connectivity index (χ1n) is 8.60. The Hall–Kier alpha value is -0.280. The molecule has 3 nitrogen and oxygen atoms in total. The molecule has 4 heteroatoms. The van der Waals surface area contributed by atoms with E-state index in [2.05, 4.69) is 6.92 Å². The number of alkyl halides is 1. The van der Waals surface area contributed by atoms with Crippen LogP contribution >= 0.6 is 11.6 Å². The largest absolute Gasteiger partial charge is 0.463 e. The van der Waals surface area contributed by atoms with Crippen molar-refractivity contribution < 1.29 is 14.6 Å². The van der Waals surface area contributed by atoms with Gasteiger partial charge in [0.25, 0.3) is 0 Å². The molecule has 1 N–H and O–H groups in total. The first-order chi connectivity index (χ1) is 10.2. The molecule has 0 amide bonds. The Morgan fingerprint density at radius 1 is 0.952 bits per heavy atom. The molecular weight excluding hydrogens is 288 g/mol. The zero-order valence-electron chi connectivity index (χ0n) is 13.6. The van der Waals surface area contributed by atoms with Gasteiger partial charge in [-0.25, -0.2) is 0 Å². The molecule has 126 valence electrons. The number of rotatable bonds is 15. The summed E-state index contributed by atoms with van der Waals surface area (Å²) in [6.07, 6.45) is 13.6. The van der Waals surface area contributed by atoms with Crippen LogP contribution in [0.15, 0.2) is 0 Å². The molecule has 0 fully saturated rings. The van der Waals surface area contributed by atoms with Gasteiger partial charge in [-0.2, -0.15) is 0 Å². The molecule has 0 saturated heterocycles. The van der Waals surface area contributed by atoms with Gasteiger partial charge in [0.1, 0.15) is 12.7 Å². The normalized spacial score (nSPS) is 12.3. The van der Waals surface area contributed by atoms with E-state index in [0.717, 1.165) is 12.8 Å². The van der Waals surface area contributed by atoms with Crippen molar-refractivity contribution in [1.82, 2.24) is 0 Å². The number of hydrogen-bond acceptors (Lipinski definition) is 3. The molecular formula is C17H33ClO3. The lowest BCUT2D eigenvalue weighted by molar-refractivity contribution is -0.146. The Kier molecular flexibility index (Phi) is 15.9. The number of aliphatic hydroxyl groups is 1. The molecule has 0 aromatic carbocycles.